The van der Waals surface area contributed by atoms with Crippen molar-refractivity contribution in [1.82, 2.24) is 0 Å². The molecule has 2 saturated carbocycles. The molecule has 0 aliphatic heterocycles. The van der Waals surface area contributed by atoms with Gasteiger partial charge in [0.05, 0.1) is 0 Å². The van der Waals surface area contributed by atoms with Crippen molar-refractivity contribution in [3.8, 4) is 11.1 Å². The molecule has 0 heteroatoms. The molecule has 2 fully saturated rings. The number of hydrogen-bond donors (Lipinski definition) is 0. The first-order valence-electron chi connectivity index (χ1n) is 14.1. The Hall–Kier alpha value is -1.56. The standard InChI is InChI=1S/C23H26.C6H14.2C2H6/c1-2-17-14-16-8-7-9-18(15-16)23(17)21-12-5-3-10-19(21)20-11-4-6-13-22(20)23;1-5-6(2,3)4;2*1-2/h3-6,10-13,16-18H,2,7-9,14-15H2,1H3;5H2,1-4H3;2*1-2H3. The third-order valence-electron chi connectivity index (χ3n) is 8.28. The van der Waals surface area contributed by atoms with Gasteiger partial charge in [0.15, 0.2) is 0 Å². The van der Waals surface area contributed by atoms with Gasteiger partial charge >= 0.3 is 0 Å². The molecule has 0 radical (unpaired) electrons. The monoisotopic (exact) mass is 448 g/mol. The molecule has 2 aromatic carbocycles. The molecule has 3 aliphatic rings. The smallest absolute Gasteiger partial charge is 0.0271 e. The van der Waals surface area contributed by atoms with Crippen LogP contribution in [0.1, 0.15) is 118 Å². The van der Waals surface area contributed by atoms with Crippen molar-refractivity contribution < 1.29 is 0 Å². The van der Waals surface area contributed by atoms with Crippen molar-refractivity contribution in [3.05, 3.63) is 59.7 Å². The van der Waals surface area contributed by atoms with Crippen molar-refractivity contribution in [1.29, 1.82) is 0 Å². The molecule has 0 amide bonds. The number of rotatable bonds is 1. The lowest BCUT2D eigenvalue weighted by molar-refractivity contribution is 0.0557. The molecule has 2 bridgehead atoms. The molecule has 0 saturated heterocycles. The largest absolute Gasteiger partial charge is 0.0683 e. The summed E-state index contributed by atoms with van der Waals surface area (Å²) in [6.07, 6.45) is 9.83. The van der Waals surface area contributed by atoms with Gasteiger partial charge in [0.1, 0.15) is 0 Å². The van der Waals surface area contributed by atoms with E-state index in [-0.39, 0.29) is 0 Å². The molecule has 184 valence electrons. The van der Waals surface area contributed by atoms with Gasteiger partial charge in [0.2, 0.25) is 0 Å². The van der Waals surface area contributed by atoms with Gasteiger partial charge in [-0.3, -0.25) is 0 Å². The van der Waals surface area contributed by atoms with Crippen LogP contribution in [0, 0.1) is 23.2 Å². The van der Waals surface area contributed by atoms with Crippen LogP contribution in [0.3, 0.4) is 0 Å². The lowest BCUT2D eigenvalue weighted by Gasteiger charge is -2.54. The van der Waals surface area contributed by atoms with E-state index in [2.05, 4.69) is 83.1 Å². The van der Waals surface area contributed by atoms with Crippen molar-refractivity contribution in [2.24, 2.45) is 23.2 Å². The first kappa shape index (κ1) is 27.7. The summed E-state index contributed by atoms with van der Waals surface area (Å²) >= 11 is 0. The third-order valence-corrected chi connectivity index (χ3v) is 8.28. The Morgan fingerprint density at radius 1 is 0.758 bits per heavy atom. The highest BCUT2D eigenvalue weighted by Crippen LogP contribution is 2.64. The van der Waals surface area contributed by atoms with Gasteiger partial charge in [-0.05, 0) is 64.7 Å². The Balaban J connectivity index is 0.000000334. The fourth-order valence-electron chi connectivity index (χ4n) is 6.51. The molecule has 2 aromatic rings. The molecule has 0 nitrogen and oxygen atoms in total. The SMILES string of the molecule is CC.CC.CCC(C)(C)C.CCC1CC2CCCC(C2)C12c1ccccc1-c1ccccc12. The van der Waals surface area contributed by atoms with E-state index >= 15 is 0 Å². The second-order valence-electron chi connectivity index (χ2n) is 10.9. The maximum Gasteiger partial charge on any atom is 0.0271 e. The van der Waals surface area contributed by atoms with Crippen LogP contribution in [0.15, 0.2) is 48.5 Å². The molecule has 1 spiro atoms. The van der Waals surface area contributed by atoms with E-state index in [1.54, 1.807) is 11.1 Å². The number of hydrogen-bond acceptors (Lipinski definition) is 0. The quantitative estimate of drug-likeness (QED) is 0.407. The zero-order valence-electron chi connectivity index (χ0n) is 23.3. The first-order chi connectivity index (χ1) is 15.9. The van der Waals surface area contributed by atoms with Crippen LogP contribution in [-0.4, -0.2) is 0 Å². The summed E-state index contributed by atoms with van der Waals surface area (Å²) < 4.78 is 0. The van der Waals surface area contributed by atoms with Crippen LogP contribution in [0.25, 0.3) is 11.1 Å². The molecule has 0 N–H and O–H groups in total. The van der Waals surface area contributed by atoms with E-state index in [1.807, 2.05) is 27.7 Å². The predicted molar refractivity (Wildman–Crippen MR) is 149 cm³/mol. The lowest BCUT2D eigenvalue weighted by atomic mass is 9.50. The average molecular weight is 449 g/mol. The Kier molecular flexibility index (Phi) is 10.3. The fourth-order valence-corrected chi connectivity index (χ4v) is 6.51. The molecule has 3 unspecified atom stereocenters. The van der Waals surface area contributed by atoms with Crippen LogP contribution in [0.4, 0.5) is 0 Å². The van der Waals surface area contributed by atoms with Gasteiger partial charge in [-0.15, -0.1) is 0 Å². The molecule has 5 rings (SSSR count). The molecular formula is C33H52. The summed E-state index contributed by atoms with van der Waals surface area (Å²) in [4.78, 5) is 0. The normalized spacial score (nSPS) is 23.5. The van der Waals surface area contributed by atoms with E-state index in [4.69, 9.17) is 0 Å². The average Bonchev–Trinajstić information content (AvgIpc) is 3.16. The highest BCUT2D eigenvalue weighted by molar-refractivity contribution is 5.81. The lowest BCUT2D eigenvalue weighted by Crippen LogP contribution is -2.48. The molecule has 3 aliphatic carbocycles. The second kappa shape index (κ2) is 12.2. The maximum absolute atomic E-state index is 2.45. The zero-order valence-corrected chi connectivity index (χ0v) is 23.3. The van der Waals surface area contributed by atoms with Gasteiger partial charge in [-0.2, -0.15) is 0 Å². The van der Waals surface area contributed by atoms with E-state index in [1.165, 1.54) is 56.1 Å². The Bertz CT molecular complexity index is 788. The molecule has 33 heavy (non-hydrogen) atoms. The third kappa shape index (κ3) is 5.41. The van der Waals surface area contributed by atoms with Crippen molar-refractivity contribution in [2.45, 2.75) is 113 Å². The summed E-state index contributed by atoms with van der Waals surface area (Å²) in [5.41, 5.74) is 7.19. The molecule has 0 aromatic heterocycles. The van der Waals surface area contributed by atoms with Gasteiger partial charge in [-0.25, -0.2) is 0 Å². The van der Waals surface area contributed by atoms with Crippen LogP contribution in [0.5, 0.6) is 0 Å². The summed E-state index contributed by atoms with van der Waals surface area (Å²) in [6.45, 7) is 19.4. The maximum atomic E-state index is 2.45. The van der Waals surface area contributed by atoms with Crippen molar-refractivity contribution in [2.75, 3.05) is 0 Å². The zero-order chi connectivity index (χ0) is 24.6. The second-order valence-corrected chi connectivity index (χ2v) is 10.9. The topological polar surface area (TPSA) is 0 Å². The minimum Gasteiger partial charge on any atom is -0.0683 e. The minimum absolute atomic E-state index is 0.304. The number of benzene rings is 2. The Morgan fingerprint density at radius 3 is 1.70 bits per heavy atom. The Morgan fingerprint density at radius 2 is 1.24 bits per heavy atom. The van der Waals surface area contributed by atoms with E-state index in [0.29, 0.717) is 10.8 Å². The van der Waals surface area contributed by atoms with Crippen LogP contribution in [0.2, 0.25) is 0 Å². The van der Waals surface area contributed by atoms with Crippen LogP contribution >= 0.6 is 0 Å². The van der Waals surface area contributed by atoms with Gasteiger partial charge in [0, 0.05) is 5.41 Å². The summed E-state index contributed by atoms with van der Waals surface area (Å²) in [7, 11) is 0. The van der Waals surface area contributed by atoms with Gasteiger partial charge < -0.3 is 0 Å². The van der Waals surface area contributed by atoms with E-state index in [0.717, 1.165) is 17.8 Å². The summed E-state index contributed by atoms with van der Waals surface area (Å²) in [6, 6.07) is 18.6. The van der Waals surface area contributed by atoms with Crippen LogP contribution in [-0.2, 0) is 5.41 Å². The predicted octanol–water partition coefficient (Wildman–Crippen LogP) is 10.7. The fraction of sp³-hybridized carbons (Fsp3) is 0.636. The van der Waals surface area contributed by atoms with Crippen molar-refractivity contribution >= 4 is 0 Å². The summed E-state index contributed by atoms with van der Waals surface area (Å²) in [5, 5.41) is 0. The molecule has 0 heterocycles. The van der Waals surface area contributed by atoms with E-state index in [9.17, 15) is 0 Å². The summed E-state index contributed by atoms with van der Waals surface area (Å²) in [5.74, 6) is 2.66. The van der Waals surface area contributed by atoms with Crippen molar-refractivity contribution in [3.63, 3.8) is 0 Å². The Labute approximate surface area is 206 Å². The molecular weight excluding hydrogens is 396 g/mol. The van der Waals surface area contributed by atoms with E-state index < -0.39 is 0 Å². The van der Waals surface area contributed by atoms with Gasteiger partial charge in [-0.1, -0.05) is 137 Å². The minimum atomic E-state index is 0.304. The van der Waals surface area contributed by atoms with Gasteiger partial charge in [0.25, 0.3) is 0 Å². The first-order valence-corrected chi connectivity index (χ1v) is 14.1. The molecule has 3 atom stereocenters. The van der Waals surface area contributed by atoms with Crippen LogP contribution < -0.4 is 0 Å². The highest BCUT2D eigenvalue weighted by Gasteiger charge is 2.56. The highest BCUT2D eigenvalue weighted by atomic mass is 14.6. The number of fused-ring (bicyclic) bond motifs is 8.